The lowest BCUT2D eigenvalue weighted by atomic mass is 10.1. The highest BCUT2D eigenvalue weighted by molar-refractivity contribution is 5.77. The summed E-state index contributed by atoms with van der Waals surface area (Å²) in [6.45, 7) is 0. The van der Waals surface area contributed by atoms with E-state index in [4.69, 9.17) is 0 Å². The fourth-order valence-corrected chi connectivity index (χ4v) is 1.92. The Morgan fingerprint density at radius 3 is 2.94 bits per heavy atom. The van der Waals surface area contributed by atoms with Gasteiger partial charge in [-0.05, 0) is 18.2 Å². The number of hydrogen-bond acceptors (Lipinski definition) is 3. The Balaban J connectivity index is 1.90. The van der Waals surface area contributed by atoms with Crippen LogP contribution in [0.5, 0.6) is 0 Å². The van der Waals surface area contributed by atoms with Gasteiger partial charge in [-0.2, -0.15) is 0 Å². The molecule has 4 nitrogen and oxygen atoms in total. The molecule has 1 heterocycles. The van der Waals surface area contributed by atoms with E-state index < -0.39 is 5.72 Å². The Kier molecular flexibility index (Phi) is 2.23. The van der Waals surface area contributed by atoms with Crippen molar-refractivity contribution in [1.82, 2.24) is 9.97 Å². The lowest BCUT2D eigenvalue weighted by molar-refractivity contribution is 0.123. The second kappa shape index (κ2) is 3.75. The SMILES string of the molecule is OC1(Nc2nc3ccccc3[nH]2)C=CC=CC1. The van der Waals surface area contributed by atoms with Gasteiger partial charge in [0.05, 0.1) is 11.0 Å². The van der Waals surface area contributed by atoms with E-state index >= 15 is 0 Å². The molecular formula is C13H13N3O. The van der Waals surface area contributed by atoms with E-state index in [-0.39, 0.29) is 0 Å². The van der Waals surface area contributed by atoms with Gasteiger partial charge >= 0.3 is 0 Å². The molecule has 86 valence electrons. The van der Waals surface area contributed by atoms with Crippen molar-refractivity contribution in [3.05, 3.63) is 48.6 Å². The summed E-state index contributed by atoms with van der Waals surface area (Å²) in [6, 6.07) is 7.76. The van der Waals surface area contributed by atoms with Crippen LogP contribution in [0.3, 0.4) is 0 Å². The normalized spacial score (nSPS) is 23.1. The summed E-state index contributed by atoms with van der Waals surface area (Å²) >= 11 is 0. The van der Waals surface area contributed by atoms with Gasteiger partial charge in [-0.3, -0.25) is 0 Å². The van der Waals surface area contributed by atoms with Crippen LogP contribution < -0.4 is 5.32 Å². The minimum atomic E-state index is -1.05. The quantitative estimate of drug-likeness (QED) is 0.689. The number of nitrogens with zero attached hydrogens (tertiary/aromatic N) is 1. The van der Waals surface area contributed by atoms with Gasteiger partial charge in [-0.15, -0.1) is 0 Å². The molecule has 0 aliphatic heterocycles. The molecule has 0 fully saturated rings. The molecule has 4 heteroatoms. The first kappa shape index (κ1) is 10.1. The number of rotatable bonds is 2. The number of fused-ring (bicyclic) bond motifs is 1. The first-order valence-electron chi connectivity index (χ1n) is 5.55. The third-order valence-electron chi connectivity index (χ3n) is 2.77. The average Bonchev–Trinajstić information content (AvgIpc) is 2.71. The molecular weight excluding hydrogens is 214 g/mol. The zero-order chi connectivity index (χ0) is 11.7. The molecule has 1 aromatic heterocycles. The van der Waals surface area contributed by atoms with Crippen LogP contribution in [0, 0.1) is 0 Å². The second-order valence-electron chi connectivity index (χ2n) is 4.14. The molecule has 0 radical (unpaired) electrons. The first-order chi connectivity index (χ1) is 8.25. The van der Waals surface area contributed by atoms with Crippen molar-refractivity contribution >= 4 is 17.0 Å². The van der Waals surface area contributed by atoms with Crippen molar-refractivity contribution in [2.75, 3.05) is 5.32 Å². The Bertz CT molecular complexity index is 566. The molecule has 0 amide bonds. The van der Waals surface area contributed by atoms with Gasteiger partial charge in [0, 0.05) is 6.42 Å². The van der Waals surface area contributed by atoms with Crippen LogP contribution in [0.25, 0.3) is 11.0 Å². The average molecular weight is 227 g/mol. The molecule has 3 rings (SSSR count). The smallest absolute Gasteiger partial charge is 0.203 e. The zero-order valence-electron chi connectivity index (χ0n) is 9.22. The number of H-pyrrole nitrogens is 1. The van der Waals surface area contributed by atoms with Crippen LogP contribution >= 0.6 is 0 Å². The van der Waals surface area contributed by atoms with Crippen molar-refractivity contribution in [3.8, 4) is 0 Å². The Morgan fingerprint density at radius 1 is 1.29 bits per heavy atom. The van der Waals surface area contributed by atoms with Crippen LogP contribution in [0.4, 0.5) is 5.95 Å². The van der Waals surface area contributed by atoms with Crippen LogP contribution in [0.2, 0.25) is 0 Å². The standard InChI is InChI=1S/C13H13N3O/c17-13(8-4-1-5-9-13)16-12-14-10-6-2-3-7-11(10)15-12/h1-8,17H,9H2,(H2,14,15,16). The van der Waals surface area contributed by atoms with Gasteiger partial charge in [0.15, 0.2) is 5.72 Å². The topological polar surface area (TPSA) is 60.9 Å². The van der Waals surface area contributed by atoms with Crippen LogP contribution in [-0.2, 0) is 0 Å². The molecule has 1 aliphatic rings. The van der Waals surface area contributed by atoms with Crippen molar-refractivity contribution in [3.63, 3.8) is 0 Å². The van der Waals surface area contributed by atoms with E-state index in [0.29, 0.717) is 12.4 Å². The zero-order valence-corrected chi connectivity index (χ0v) is 9.22. The number of hydrogen-bond donors (Lipinski definition) is 3. The second-order valence-corrected chi connectivity index (χ2v) is 4.14. The Labute approximate surface area is 98.7 Å². The molecule has 0 bridgehead atoms. The highest BCUT2D eigenvalue weighted by Gasteiger charge is 2.24. The number of allylic oxidation sites excluding steroid dienone is 2. The highest BCUT2D eigenvalue weighted by atomic mass is 16.3. The number of aromatic amines is 1. The Morgan fingerprint density at radius 2 is 2.18 bits per heavy atom. The molecule has 1 aromatic carbocycles. The van der Waals surface area contributed by atoms with Crippen molar-refractivity contribution in [1.29, 1.82) is 0 Å². The molecule has 0 saturated carbocycles. The number of aromatic nitrogens is 2. The van der Waals surface area contributed by atoms with Gasteiger partial charge in [0.2, 0.25) is 5.95 Å². The number of imidazole rings is 1. The molecule has 17 heavy (non-hydrogen) atoms. The maximum atomic E-state index is 10.2. The van der Waals surface area contributed by atoms with E-state index in [0.717, 1.165) is 11.0 Å². The summed E-state index contributed by atoms with van der Waals surface area (Å²) in [5.74, 6) is 0.577. The number of para-hydroxylation sites is 2. The molecule has 1 unspecified atom stereocenters. The predicted octanol–water partition coefficient (Wildman–Crippen LogP) is 2.18. The monoisotopic (exact) mass is 227 g/mol. The van der Waals surface area contributed by atoms with Crippen molar-refractivity contribution in [2.45, 2.75) is 12.1 Å². The van der Waals surface area contributed by atoms with E-state index in [1.54, 1.807) is 6.08 Å². The lowest BCUT2D eigenvalue weighted by Crippen LogP contribution is -2.36. The predicted molar refractivity (Wildman–Crippen MR) is 67.6 cm³/mol. The molecule has 1 aliphatic carbocycles. The van der Waals surface area contributed by atoms with E-state index in [2.05, 4.69) is 15.3 Å². The Hall–Kier alpha value is -2.07. The highest BCUT2D eigenvalue weighted by Crippen LogP contribution is 2.21. The number of aliphatic hydroxyl groups is 1. The van der Waals surface area contributed by atoms with Gasteiger partial charge < -0.3 is 15.4 Å². The molecule has 3 N–H and O–H groups in total. The van der Waals surface area contributed by atoms with Crippen molar-refractivity contribution in [2.24, 2.45) is 0 Å². The van der Waals surface area contributed by atoms with E-state index in [9.17, 15) is 5.11 Å². The molecule has 0 spiro atoms. The van der Waals surface area contributed by atoms with Crippen LogP contribution in [-0.4, -0.2) is 20.8 Å². The van der Waals surface area contributed by atoms with Gasteiger partial charge in [0.1, 0.15) is 0 Å². The number of anilines is 1. The minimum Gasteiger partial charge on any atom is -0.367 e. The van der Waals surface area contributed by atoms with E-state index in [1.165, 1.54) is 0 Å². The molecule has 1 atom stereocenters. The molecule has 0 saturated heterocycles. The maximum Gasteiger partial charge on any atom is 0.203 e. The van der Waals surface area contributed by atoms with Gasteiger partial charge in [-0.25, -0.2) is 4.98 Å². The first-order valence-corrected chi connectivity index (χ1v) is 5.55. The fourth-order valence-electron chi connectivity index (χ4n) is 1.92. The minimum absolute atomic E-state index is 0.528. The third kappa shape index (κ3) is 1.94. The summed E-state index contributed by atoms with van der Waals surface area (Å²) in [5, 5.41) is 13.2. The van der Waals surface area contributed by atoms with Crippen LogP contribution in [0.15, 0.2) is 48.6 Å². The fraction of sp³-hybridized carbons (Fsp3) is 0.154. The summed E-state index contributed by atoms with van der Waals surface area (Å²) in [6.07, 6.45) is 7.89. The molecule has 2 aromatic rings. The van der Waals surface area contributed by atoms with Crippen molar-refractivity contribution < 1.29 is 5.11 Å². The number of nitrogens with one attached hydrogen (secondary N) is 2. The third-order valence-corrected chi connectivity index (χ3v) is 2.77. The van der Waals surface area contributed by atoms with Gasteiger partial charge in [0.25, 0.3) is 0 Å². The summed E-state index contributed by atoms with van der Waals surface area (Å²) in [7, 11) is 0. The van der Waals surface area contributed by atoms with E-state index in [1.807, 2.05) is 42.5 Å². The summed E-state index contributed by atoms with van der Waals surface area (Å²) in [5.41, 5.74) is 0.783. The van der Waals surface area contributed by atoms with Crippen LogP contribution in [0.1, 0.15) is 6.42 Å². The number of benzene rings is 1. The lowest BCUT2D eigenvalue weighted by Gasteiger charge is -2.25. The maximum absolute atomic E-state index is 10.2. The van der Waals surface area contributed by atoms with Gasteiger partial charge in [-0.1, -0.05) is 30.4 Å². The summed E-state index contributed by atoms with van der Waals surface area (Å²) in [4.78, 5) is 7.50. The largest absolute Gasteiger partial charge is 0.367 e. The summed E-state index contributed by atoms with van der Waals surface area (Å²) < 4.78 is 0.